The van der Waals surface area contributed by atoms with E-state index in [2.05, 4.69) is 0 Å². The normalized spacial score (nSPS) is 11.4. The summed E-state index contributed by atoms with van der Waals surface area (Å²) in [7, 11) is 0. The van der Waals surface area contributed by atoms with Crippen LogP contribution in [0.4, 0.5) is 5.69 Å². The van der Waals surface area contributed by atoms with E-state index in [0.29, 0.717) is 5.56 Å². The van der Waals surface area contributed by atoms with Gasteiger partial charge in [-0.1, -0.05) is 12.1 Å². The molecule has 0 atom stereocenters. The quantitative estimate of drug-likeness (QED) is 0.771. The van der Waals surface area contributed by atoms with E-state index in [1.165, 1.54) is 0 Å². The van der Waals surface area contributed by atoms with E-state index in [1.54, 1.807) is 18.2 Å². The number of anilines is 1. The molecular weight excluding hydrogens is 206 g/mol. The van der Waals surface area contributed by atoms with Crippen LogP contribution in [0, 0.1) is 0 Å². The minimum absolute atomic E-state index is 0.131. The van der Waals surface area contributed by atoms with E-state index >= 15 is 0 Å². The predicted molar refractivity (Wildman–Crippen MR) is 62.4 cm³/mol. The van der Waals surface area contributed by atoms with E-state index in [9.17, 15) is 4.79 Å². The molecule has 1 aromatic carbocycles. The van der Waals surface area contributed by atoms with Gasteiger partial charge in [-0.15, -0.1) is 0 Å². The van der Waals surface area contributed by atoms with Gasteiger partial charge in [-0.05, 0) is 32.4 Å². The molecule has 0 heterocycles. The summed E-state index contributed by atoms with van der Waals surface area (Å²) in [6.45, 7) is 6.00. The van der Waals surface area contributed by atoms with Crippen molar-refractivity contribution in [1.29, 1.82) is 0 Å². The Bertz CT molecular complexity index is 394. The first-order valence-electron chi connectivity index (χ1n) is 5.06. The molecule has 4 nitrogen and oxygen atoms in total. The first-order valence-corrected chi connectivity index (χ1v) is 5.06. The number of benzene rings is 1. The Morgan fingerprint density at radius 3 is 2.56 bits per heavy atom. The maximum atomic E-state index is 11.0. The Morgan fingerprint density at radius 2 is 2.06 bits per heavy atom. The highest BCUT2D eigenvalue weighted by molar-refractivity contribution is 5.95. The Morgan fingerprint density at radius 1 is 1.44 bits per heavy atom. The van der Waals surface area contributed by atoms with Crippen LogP contribution < -0.4 is 5.73 Å². The molecule has 0 aliphatic rings. The van der Waals surface area contributed by atoms with Gasteiger partial charge in [-0.25, -0.2) is 4.79 Å². The average molecular weight is 223 g/mol. The molecule has 0 aromatic heterocycles. The largest absolute Gasteiger partial charge is 0.478 e. The van der Waals surface area contributed by atoms with Crippen LogP contribution in [0.1, 0.15) is 36.7 Å². The summed E-state index contributed by atoms with van der Waals surface area (Å²) in [6.07, 6.45) is 0. The smallest absolute Gasteiger partial charge is 0.338 e. The van der Waals surface area contributed by atoms with Gasteiger partial charge in [-0.3, -0.25) is 0 Å². The molecule has 0 fully saturated rings. The van der Waals surface area contributed by atoms with Crippen LogP contribution in [0.2, 0.25) is 0 Å². The van der Waals surface area contributed by atoms with Gasteiger partial charge in [0.25, 0.3) is 0 Å². The standard InChI is InChI=1S/C12H17NO3/c1-12(2,3)16-7-8-5-4-6-9(13)10(8)11(14)15/h4-6H,7,13H2,1-3H3,(H,14,15). The van der Waals surface area contributed by atoms with Gasteiger partial charge in [0, 0.05) is 5.69 Å². The van der Waals surface area contributed by atoms with E-state index in [1.807, 2.05) is 20.8 Å². The summed E-state index contributed by atoms with van der Waals surface area (Å²) in [5, 5.41) is 9.04. The van der Waals surface area contributed by atoms with Crippen LogP contribution in [0.3, 0.4) is 0 Å². The summed E-state index contributed by atoms with van der Waals surface area (Å²) >= 11 is 0. The number of carboxylic acid groups (broad SMARTS) is 1. The Balaban J connectivity index is 2.96. The highest BCUT2D eigenvalue weighted by Gasteiger charge is 2.16. The molecule has 0 aliphatic carbocycles. The van der Waals surface area contributed by atoms with Gasteiger partial charge >= 0.3 is 5.97 Å². The van der Waals surface area contributed by atoms with E-state index < -0.39 is 5.97 Å². The number of nitrogen functional groups attached to an aromatic ring is 1. The van der Waals surface area contributed by atoms with Crippen molar-refractivity contribution < 1.29 is 14.6 Å². The molecule has 0 saturated carbocycles. The van der Waals surface area contributed by atoms with Gasteiger partial charge in [-0.2, -0.15) is 0 Å². The molecule has 0 unspecified atom stereocenters. The summed E-state index contributed by atoms with van der Waals surface area (Å²) in [6, 6.07) is 5.01. The highest BCUT2D eigenvalue weighted by atomic mass is 16.5. The van der Waals surface area contributed by atoms with Crippen molar-refractivity contribution in [3.05, 3.63) is 29.3 Å². The van der Waals surface area contributed by atoms with E-state index in [0.717, 1.165) is 0 Å². The summed E-state index contributed by atoms with van der Waals surface area (Å²) < 4.78 is 5.54. The summed E-state index contributed by atoms with van der Waals surface area (Å²) in [4.78, 5) is 11.0. The van der Waals surface area contributed by atoms with Crippen molar-refractivity contribution in [2.45, 2.75) is 33.0 Å². The highest BCUT2D eigenvalue weighted by Crippen LogP contribution is 2.20. The molecule has 1 rings (SSSR count). The van der Waals surface area contributed by atoms with E-state index in [4.69, 9.17) is 15.6 Å². The SMILES string of the molecule is CC(C)(C)OCc1cccc(N)c1C(=O)O. The fourth-order valence-electron chi connectivity index (χ4n) is 1.30. The Hall–Kier alpha value is -1.55. The lowest BCUT2D eigenvalue weighted by molar-refractivity contribution is -0.0154. The molecule has 1 aromatic rings. The molecule has 0 saturated heterocycles. The van der Waals surface area contributed by atoms with Crippen molar-refractivity contribution in [2.75, 3.05) is 5.73 Å². The van der Waals surface area contributed by atoms with Crippen molar-refractivity contribution in [1.82, 2.24) is 0 Å². The van der Waals surface area contributed by atoms with Crippen molar-refractivity contribution in [3.63, 3.8) is 0 Å². The van der Waals surface area contributed by atoms with Crippen molar-refractivity contribution in [3.8, 4) is 0 Å². The second-order valence-electron chi connectivity index (χ2n) is 4.59. The minimum Gasteiger partial charge on any atom is -0.478 e. The van der Waals surface area contributed by atoms with Crippen LogP contribution in [0.15, 0.2) is 18.2 Å². The van der Waals surface area contributed by atoms with Crippen LogP contribution in [0.25, 0.3) is 0 Å². The van der Waals surface area contributed by atoms with Crippen LogP contribution >= 0.6 is 0 Å². The lowest BCUT2D eigenvalue weighted by atomic mass is 10.1. The lowest BCUT2D eigenvalue weighted by Gasteiger charge is -2.20. The number of nitrogens with two attached hydrogens (primary N) is 1. The Kier molecular flexibility index (Phi) is 3.55. The number of hydrogen-bond donors (Lipinski definition) is 2. The molecule has 0 radical (unpaired) electrons. The number of hydrogen-bond acceptors (Lipinski definition) is 3. The number of ether oxygens (including phenoxy) is 1. The van der Waals surface area contributed by atoms with Crippen LogP contribution in [-0.2, 0) is 11.3 Å². The molecular formula is C12H17NO3. The lowest BCUT2D eigenvalue weighted by Crippen LogP contribution is -2.20. The topological polar surface area (TPSA) is 72.5 Å². The molecule has 88 valence electrons. The molecule has 0 bridgehead atoms. The molecule has 3 N–H and O–H groups in total. The fourth-order valence-corrected chi connectivity index (χ4v) is 1.30. The maximum absolute atomic E-state index is 11.0. The summed E-state index contributed by atoms with van der Waals surface area (Å²) in [5.41, 5.74) is 6.32. The van der Waals surface area contributed by atoms with Crippen LogP contribution in [-0.4, -0.2) is 16.7 Å². The summed E-state index contributed by atoms with van der Waals surface area (Å²) in [5.74, 6) is -1.02. The second-order valence-corrected chi connectivity index (χ2v) is 4.59. The zero-order valence-electron chi connectivity index (χ0n) is 9.78. The first kappa shape index (κ1) is 12.5. The van der Waals surface area contributed by atoms with Gasteiger partial charge in [0.1, 0.15) is 0 Å². The zero-order valence-corrected chi connectivity index (χ0v) is 9.78. The van der Waals surface area contributed by atoms with E-state index in [-0.39, 0.29) is 23.5 Å². The van der Waals surface area contributed by atoms with Gasteiger partial charge in [0.15, 0.2) is 0 Å². The number of carboxylic acids is 1. The van der Waals surface area contributed by atoms with Gasteiger partial charge in [0.05, 0.1) is 17.8 Å². The third-order valence-corrected chi connectivity index (χ3v) is 2.06. The second kappa shape index (κ2) is 4.53. The number of carbonyl (C=O) groups is 1. The molecule has 16 heavy (non-hydrogen) atoms. The minimum atomic E-state index is -1.02. The van der Waals surface area contributed by atoms with Crippen molar-refractivity contribution >= 4 is 11.7 Å². The van der Waals surface area contributed by atoms with Crippen LogP contribution in [0.5, 0.6) is 0 Å². The molecule has 0 amide bonds. The first-order chi connectivity index (χ1) is 7.31. The molecule has 4 heteroatoms. The monoisotopic (exact) mass is 223 g/mol. The predicted octanol–water partition coefficient (Wildman–Crippen LogP) is 2.28. The third-order valence-electron chi connectivity index (χ3n) is 2.06. The number of rotatable bonds is 3. The fraction of sp³-hybridized carbons (Fsp3) is 0.417. The Labute approximate surface area is 95.0 Å². The third kappa shape index (κ3) is 3.24. The van der Waals surface area contributed by atoms with Gasteiger partial charge < -0.3 is 15.6 Å². The molecule has 0 aliphatic heterocycles. The zero-order chi connectivity index (χ0) is 12.3. The number of aromatic carboxylic acids is 1. The average Bonchev–Trinajstić information content (AvgIpc) is 2.12. The maximum Gasteiger partial charge on any atom is 0.338 e. The van der Waals surface area contributed by atoms with Crippen molar-refractivity contribution in [2.24, 2.45) is 0 Å². The molecule has 0 spiro atoms. The van der Waals surface area contributed by atoms with Gasteiger partial charge in [0.2, 0.25) is 0 Å².